The molecule has 1 atom stereocenters. The van der Waals surface area contributed by atoms with E-state index >= 15 is 0 Å². The molecule has 0 saturated heterocycles. The molecule has 0 spiro atoms. The molecule has 1 aliphatic rings. The van der Waals surface area contributed by atoms with Crippen LogP contribution in [0.2, 0.25) is 0 Å². The third-order valence-electron chi connectivity index (χ3n) is 6.71. The normalized spacial score (nSPS) is 15.6. The summed E-state index contributed by atoms with van der Waals surface area (Å²) in [6.45, 7) is 6.33. The van der Waals surface area contributed by atoms with Gasteiger partial charge in [0.15, 0.2) is 23.0 Å². The predicted molar refractivity (Wildman–Crippen MR) is 132 cm³/mol. The Morgan fingerprint density at radius 3 is 2.30 bits per heavy atom. The molecule has 0 heterocycles. The molecule has 6 heteroatoms. The van der Waals surface area contributed by atoms with E-state index in [4.69, 9.17) is 0 Å². The lowest BCUT2D eigenvalue weighted by atomic mass is 9.87. The Morgan fingerprint density at radius 1 is 0.818 bits per heavy atom. The molecule has 0 aliphatic heterocycles. The van der Waals surface area contributed by atoms with Crippen molar-refractivity contribution in [3.63, 3.8) is 0 Å². The van der Waals surface area contributed by atoms with E-state index in [1.54, 1.807) is 18.2 Å². The molecule has 0 bridgehead atoms. The molecular weight excluding hydrogens is 416 g/mol. The number of rotatable bonds is 13. The van der Waals surface area contributed by atoms with Crippen LogP contribution in [0, 0.1) is 0 Å². The molecule has 3 rings (SSSR count). The Hall–Kier alpha value is -2.44. The van der Waals surface area contributed by atoms with E-state index in [1.807, 2.05) is 6.07 Å². The number of phenolic OH excluding ortho intramolecular Hbond substituents is 4. The van der Waals surface area contributed by atoms with Crippen LogP contribution in [0.15, 0.2) is 30.3 Å². The van der Waals surface area contributed by atoms with Gasteiger partial charge in [-0.05, 0) is 112 Å². The number of nitrogens with one attached hydrogen (secondary N) is 1. The van der Waals surface area contributed by atoms with Crippen LogP contribution in [0.25, 0.3) is 0 Å². The van der Waals surface area contributed by atoms with Gasteiger partial charge in [0.25, 0.3) is 0 Å². The van der Waals surface area contributed by atoms with Gasteiger partial charge in [-0.3, -0.25) is 0 Å². The van der Waals surface area contributed by atoms with E-state index in [-0.39, 0.29) is 23.0 Å². The molecule has 0 aromatic heterocycles. The number of phenols is 4. The minimum absolute atomic E-state index is 0.00763. The highest BCUT2D eigenvalue weighted by Crippen LogP contribution is 2.34. The van der Waals surface area contributed by atoms with Crippen LogP contribution in [0.1, 0.15) is 62.1 Å². The van der Waals surface area contributed by atoms with Gasteiger partial charge in [-0.15, -0.1) is 0 Å². The second-order valence-corrected chi connectivity index (χ2v) is 9.28. The van der Waals surface area contributed by atoms with E-state index < -0.39 is 0 Å². The molecule has 0 saturated carbocycles. The molecule has 0 fully saturated rings. The predicted octanol–water partition coefficient (Wildman–Crippen LogP) is 4.47. The summed E-state index contributed by atoms with van der Waals surface area (Å²) in [6, 6.07) is 8.99. The zero-order chi connectivity index (χ0) is 23.6. The average molecular weight is 457 g/mol. The van der Waals surface area contributed by atoms with E-state index in [9.17, 15) is 20.4 Å². The van der Waals surface area contributed by atoms with Gasteiger partial charge in [0, 0.05) is 6.04 Å². The summed E-state index contributed by atoms with van der Waals surface area (Å²) in [4.78, 5) is 2.62. The lowest BCUT2D eigenvalue weighted by Crippen LogP contribution is -2.40. The SMILES string of the molecule is CCCN(CCCCCCNCCc1ccc(O)c(O)c1)[C@@H]1CCc2cc(O)c(O)cc2C1. The summed E-state index contributed by atoms with van der Waals surface area (Å²) in [6.07, 6.45) is 9.81. The average Bonchev–Trinajstić information content (AvgIpc) is 2.80. The van der Waals surface area contributed by atoms with Crippen LogP contribution in [0.3, 0.4) is 0 Å². The van der Waals surface area contributed by atoms with Gasteiger partial charge in [0.2, 0.25) is 0 Å². The molecule has 33 heavy (non-hydrogen) atoms. The number of benzene rings is 2. The van der Waals surface area contributed by atoms with Crippen LogP contribution < -0.4 is 5.32 Å². The highest BCUT2D eigenvalue weighted by molar-refractivity contribution is 5.47. The van der Waals surface area contributed by atoms with Crippen LogP contribution >= 0.6 is 0 Å². The van der Waals surface area contributed by atoms with Crippen molar-refractivity contribution in [2.45, 2.75) is 70.8 Å². The van der Waals surface area contributed by atoms with Crippen molar-refractivity contribution in [3.8, 4) is 23.0 Å². The molecule has 0 amide bonds. The standard InChI is InChI=1S/C27H40N2O4/c1-2-14-29(23-9-8-21-18-26(32)27(33)19-22(21)17-23)15-6-4-3-5-12-28-13-11-20-7-10-24(30)25(31)16-20/h7,10,16,18-19,23,28,30-33H,2-6,8-9,11-15,17H2,1H3/t23-/m1/s1. The highest BCUT2D eigenvalue weighted by atomic mass is 16.3. The zero-order valence-corrected chi connectivity index (χ0v) is 19.9. The lowest BCUT2D eigenvalue weighted by Gasteiger charge is -2.35. The summed E-state index contributed by atoms with van der Waals surface area (Å²) in [5.74, 6) is -0.144. The molecule has 0 radical (unpaired) electrons. The summed E-state index contributed by atoms with van der Waals surface area (Å²) in [7, 11) is 0. The number of nitrogens with zero attached hydrogens (tertiary/aromatic N) is 1. The van der Waals surface area contributed by atoms with Crippen molar-refractivity contribution >= 4 is 0 Å². The van der Waals surface area contributed by atoms with Crippen LogP contribution in [0.5, 0.6) is 23.0 Å². The van der Waals surface area contributed by atoms with Crippen LogP contribution in [-0.4, -0.2) is 57.5 Å². The second-order valence-electron chi connectivity index (χ2n) is 9.28. The summed E-state index contributed by atoms with van der Waals surface area (Å²) in [5, 5.41) is 42.0. The zero-order valence-electron chi connectivity index (χ0n) is 19.9. The van der Waals surface area contributed by atoms with Crippen molar-refractivity contribution in [3.05, 3.63) is 47.0 Å². The van der Waals surface area contributed by atoms with Crippen molar-refractivity contribution in [2.75, 3.05) is 26.2 Å². The fourth-order valence-electron chi connectivity index (χ4n) is 4.84. The van der Waals surface area contributed by atoms with Crippen LogP contribution in [0.4, 0.5) is 0 Å². The maximum atomic E-state index is 9.87. The number of unbranched alkanes of at least 4 members (excludes halogenated alkanes) is 3. The first-order valence-electron chi connectivity index (χ1n) is 12.5. The van der Waals surface area contributed by atoms with E-state index in [1.165, 1.54) is 36.5 Å². The topological polar surface area (TPSA) is 96.2 Å². The molecule has 5 N–H and O–H groups in total. The Morgan fingerprint density at radius 2 is 1.55 bits per heavy atom. The van der Waals surface area contributed by atoms with Crippen molar-refractivity contribution in [1.29, 1.82) is 0 Å². The second kappa shape index (κ2) is 12.7. The molecule has 0 unspecified atom stereocenters. The van der Waals surface area contributed by atoms with Gasteiger partial charge in [0.05, 0.1) is 0 Å². The van der Waals surface area contributed by atoms with Gasteiger partial charge in [-0.1, -0.05) is 25.8 Å². The molecule has 1 aliphatic carbocycles. The van der Waals surface area contributed by atoms with Crippen molar-refractivity contribution < 1.29 is 20.4 Å². The quantitative estimate of drug-likeness (QED) is 0.225. The molecular formula is C27H40N2O4. The minimum atomic E-state index is -0.0721. The summed E-state index contributed by atoms with van der Waals surface area (Å²) < 4.78 is 0. The lowest BCUT2D eigenvalue weighted by molar-refractivity contribution is 0.176. The number of fused-ring (bicyclic) bond motifs is 1. The summed E-state index contributed by atoms with van der Waals surface area (Å²) in [5.41, 5.74) is 3.37. The summed E-state index contributed by atoms with van der Waals surface area (Å²) >= 11 is 0. The van der Waals surface area contributed by atoms with E-state index in [0.717, 1.165) is 70.3 Å². The maximum absolute atomic E-state index is 9.87. The fourth-order valence-corrected chi connectivity index (χ4v) is 4.84. The van der Waals surface area contributed by atoms with Gasteiger partial charge >= 0.3 is 0 Å². The van der Waals surface area contributed by atoms with Gasteiger partial charge in [0.1, 0.15) is 0 Å². The Bertz CT molecular complexity index is 887. The van der Waals surface area contributed by atoms with Crippen molar-refractivity contribution in [2.24, 2.45) is 0 Å². The first-order chi connectivity index (χ1) is 16.0. The third kappa shape index (κ3) is 7.54. The van der Waals surface area contributed by atoms with E-state index in [2.05, 4.69) is 17.1 Å². The van der Waals surface area contributed by atoms with Gasteiger partial charge in [-0.2, -0.15) is 0 Å². The highest BCUT2D eigenvalue weighted by Gasteiger charge is 2.24. The van der Waals surface area contributed by atoms with Crippen LogP contribution in [-0.2, 0) is 19.3 Å². The Balaban J connectivity index is 1.30. The van der Waals surface area contributed by atoms with E-state index in [0.29, 0.717) is 6.04 Å². The molecule has 2 aromatic rings. The fraction of sp³-hybridized carbons (Fsp3) is 0.556. The minimum Gasteiger partial charge on any atom is -0.504 e. The monoisotopic (exact) mass is 456 g/mol. The Kier molecular flexibility index (Phi) is 9.70. The number of aromatic hydroxyl groups is 4. The first kappa shape index (κ1) is 25.2. The largest absolute Gasteiger partial charge is 0.504 e. The molecule has 2 aromatic carbocycles. The Labute approximate surface area is 197 Å². The molecule has 6 nitrogen and oxygen atoms in total. The van der Waals surface area contributed by atoms with Gasteiger partial charge < -0.3 is 30.6 Å². The number of hydrogen-bond acceptors (Lipinski definition) is 6. The number of aryl methyl sites for hydroxylation is 1. The smallest absolute Gasteiger partial charge is 0.157 e. The third-order valence-corrected chi connectivity index (χ3v) is 6.71. The first-order valence-corrected chi connectivity index (χ1v) is 12.5. The van der Waals surface area contributed by atoms with Gasteiger partial charge in [-0.25, -0.2) is 0 Å². The maximum Gasteiger partial charge on any atom is 0.157 e. The number of hydrogen-bond donors (Lipinski definition) is 5. The van der Waals surface area contributed by atoms with Crippen molar-refractivity contribution in [1.82, 2.24) is 10.2 Å². The molecule has 182 valence electrons.